The molecule has 2 saturated heterocycles. The lowest BCUT2D eigenvalue weighted by molar-refractivity contribution is -0.125. The van der Waals surface area contributed by atoms with E-state index in [1.807, 2.05) is 13.8 Å². The van der Waals surface area contributed by atoms with Crippen molar-refractivity contribution in [1.82, 2.24) is 19.6 Å². The summed E-state index contributed by atoms with van der Waals surface area (Å²) in [6.07, 6.45) is 15.3. The molecular weight excluding hydrogens is 681 g/mol. The molecule has 282 valence electrons. The number of hydrogen-bond donors (Lipinski definition) is 0. The first-order valence-electron chi connectivity index (χ1n) is 18.0. The summed E-state index contributed by atoms with van der Waals surface area (Å²) < 4.78 is 10.4. The van der Waals surface area contributed by atoms with Gasteiger partial charge >= 0.3 is 0 Å². The highest BCUT2D eigenvalue weighted by molar-refractivity contribution is 8.17. The number of amides is 6. The van der Waals surface area contributed by atoms with Crippen molar-refractivity contribution >= 4 is 58.6 Å². The Labute approximate surface area is 307 Å². The molecule has 2 rings (SSSR count). The Morgan fingerprint density at radius 1 is 0.640 bits per heavy atom. The predicted octanol–water partition coefficient (Wildman–Crippen LogP) is 7.29. The largest absolute Gasteiger partial charge is 0.384 e. The molecule has 0 aromatic carbocycles. The highest BCUT2D eigenvalue weighted by Crippen LogP contribution is 2.31. The van der Waals surface area contributed by atoms with Gasteiger partial charge in [-0.2, -0.15) is 0 Å². The van der Waals surface area contributed by atoms with E-state index in [9.17, 15) is 28.8 Å². The maximum absolute atomic E-state index is 12.7. The van der Waals surface area contributed by atoms with Gasteiger partial charge in [-0.3, -0.25) is 38.6 Å². The molecule has 50 heavy (non-hydrogen) atoms. The fourth-order valence-electron chi connectivity index (χ4n) is 5.90. The Morgan fingerprint density at radius 2 is 0.980 bits per heavy atom. The van der Waals surface area contributed by atoms with E-state index >= 15 is 0 Å². The topological polar surface area (TPSA) is 134 Å². The summed E-state index contributed by atoms with van der Waals surface area (Å²) in [6, 6.07) is 0. The Bertz CT molecular complexity index is 1100. The monoisotopic (exact) mass is 738 g/mol. The summed E-state index contributed by atoms with van der Waals surface area (Å²) in [5.74, 6) is -0.286. The molecular formula is C36H58N4O8S2. The normalized spacial score (nSPS) is 15.7. The number of unbranched alkanes of at least 4 members (excludes halogenated alkanes) is 9. The van der Waals surface area contributed by atoms with Crippen LogP contribution in [0.15, 0.2) is 21.2 Å². The quantitative estimate of drug-likeness (QED) is 0.0695. The number of carbonyl (C=O) groups is 6. The maximum Gasteiger partial charge on any atom is 0.292 e. The van der Waals surface area contributed by atoms with Crippen LogP contribution in [-0.2, 0) is 28.7 Å². The second kappa shape index (κ2) is 25.3. The molecule has 6 amide bonds. The van der Waals surface area contributed by atoms with Crippen molar-refractivity contribution in [2.75, 3.05) is 53.6 Å². The zero-order valence-electron chi connectivity index (χ0n) is 30.6. The molecule has 0 spiro atoms. The number of carbonyl (C=O) groups excluding carboxylic acids is 6. The average Bonchev–Trinajstić information content (AvgIpc) is 3.75. The zero-order valence-corrected chi connectivity index (χ0v) is 32.2. The molecule has 2 aliphatic rings. The number of rotatable bonds is 25. The van der Waals surface area contributed by atoms with Crippen LogP contribution in [0.4, 0.5) is 9.59 Å². The molecule has 0 unspecified atom stereocenters. The van der Waals surface area contributed by atoms with E-state index in [0.29, 0.717) is 77.9 Å². The molecule has 0 atom stereocenters. The fraction of sp³-hybridized carbons (Fsp3) is 0.722. The van der Waals surface area contributed by atoms with E-state index in [-0.39, 0.29) is 22.3 Å². The third kappa shape index (κ3) is 15.3. The minimum absolute atomic E-state index is 0.143. The summed E-state index contributed by atoms with van der Waals surface area (Å²) in [5.41, 5.74) is 1.47. The van der Waals surface area contributed by atoms with Gasteiger partial charge in [0, 0.05) is 87.3 Å². The molecule has 0 aliphatic carbocycles. The summed E-state index contributed by atoms with van der Waals surface area (Å²) in [5, 5.41) is -0.577. The predicted molar refractivity (Wildman–Crippen MR) is 198 cm³/mol. The highest BCUT2D eigenvalue weighted by Gasteiger charge is 2.29. The Kier molecular flexibility index (Phi) is 22.0. The molecule has 2 aliphatic heterocycles. The van der Waals surface area contributed by atoms with Gasteiger partial charge in [0.15, 0.2) is 0 Å². The zero-order chi connectivity index (χ0) is 36.7. The molecule has 12 nitrogen and oxygen atoms in total. The summed E-state index contributed by atoms with van der Waals surface area (Å²) in [7, 11) is 3.19. The average molecular weight is 739 g/mol. The van der Waals surface area contributed by atoms with Gasteiger partial charge in [-0.05, 0) is 63.1 Å². The molecule has 0 bridgehead atoms. The molecule has 0 radical (unpaired) electrons. The number of allylic oxidation sites excluding steroid dienone is 2. The van der Waals surface area contributed by atoms with Gasteiger partial charge in [0.05, 0.1) is 13.2 Å². The van der Waals surface area contributed by atoms with Crippen LogP contribution in [0.2, 0.25) is 0 Å². The van der Waals surface area contributed by atoms with Crippen LogP contribution < -0.4 is 0 Å². The first-order valence-corrected chi connectivity index (χ1v) is 19.7. The number of imide groups is 2. The first-order chi connectivity index (χ1) is 24.2. The highest BCUT2D eigenvalue weighted by atomic mass is 32.2. The van der Waals surface area contributed by atoms with Crippen LogP contribution >= 0.6 is 23.5 Å². The summed E-state index contributed by atoms with van der Waals surface area (Å²) in [6.45, 7) is 6.59. The van der Waals surface area contributed by atoms with E-state index < -0.39 is 0 Å². The van der Waals surface area contributed by atoms with Crippen molar-refractivity contribution in [2.24, 2.45) is 0 Å². The summed E-state index contributed by atoms with van der Waals surface area (Å²) in [4.78, 5) is 80.8. The lowest BCUT2D eigenvalue weighted by Gasteiger charge is -2.22. The Morgan fingerprint density at radius 3 is 1.26 bits per heavy atom. The number of thioether (sulfide) groups is 2. The third-order valence-electron chi connectivity index (χ3n) is 9.05. The molecule has 14 heteroatoms. The van der Waals surface area contributed by atoms with E-state index in [4.69, 9.17) is 9.47 Å². The Hall–Kier alpha value is -2.68. The molecule has 0 aromatic heterocycles. The molecule has 0 aromatic rings. The number of ether oxygens (including phenoxy) is 2. The van der Waals surface area contributed by atoms with E-state index in [1.165, 1.54) is 9.80 Å². The smallest absolute Gasteiger partial charge is 0.292 e. The van der Waals surface area contributed by atoms with Gasteiger partial charge in [0.25, 0.3) is 10.5 Å². The van der Waals surface area contributed by atoms with E-state index in [0.717, 1.165) is 122 Å². The molecule has 2 heterocycles. The summed E-state index contributed by atoms with van der Waals surface area (Å²) >= 11 is 2.06. The molecule has 2 fully saturated rings. The standard InChI is InChI=1S/C36H58N4O8S2/c1-29(31(19-25-47-3)49-35(45)39-23-15-17-33(39)43)37(27-41)21-13-11-9-7-5-6-8-10-12-14-22-38(28-42)30(2)32(20-26-48-4)50-36(46)40-24-16-18-34(40)44/h27-28H,5-26H2,1-4H3/b31-29-,32-30-. The van der Waals surface area contributed by atoms with Crippen molar-refractivity contribution in [1.29, 1.82) is 0 Å². The maximum atomic E-state index is 12.7. The fourth-order valence-corrected chi connectivity index (χ4v) is 7.83. The Balaban J connectivity index is 1.66. The lowest BCUT2D eigenvalue weighted by atomic mass is 10.1. The van der Waals surface area contributed by atoms with E-state index in [2.05, 4.69) is 0 Å². The minimum atomic E-state index is -0.289. The van der Waals surface area contributed by atoms with E-state index in [1.54, 1.807) is 24.0 Å². The SMILES string of the molecule is COCC/C(SC(=O)N1CCCC1=O)=C(\C)N(C=O)CCCCCCCCCCCCN(C=O)/C(C)=C(/CCOC)SC(=O)N1CCCC1=O. The second-order valence-corrected chi connectivity index (χ2v) is 14.8. The number of likely N-dealkylation sites (tertiary alicyclic amines) is 2. The van der Waals surface area contributed by atoms with Crippen LogP contribution in [-0.4, -0.2) is 108 Å². The van der Waals surface area contributed by atoms with Crippen LogP contribution in [0.3, 0.4) is 0 Å². The number of nitrogens with zero attached hydrogens (tertiary/aromatic N) is 4. The number of hydrogen-bond acceptors (Lipinski definition) is 10. The van der Waals surface area contributed by atoms with Crippen molar-refractivity contribution in [2.45, 2.75) is 117 Å². The van der Waals surface area contributed by atoms with Crippen LogP contribution in [0.5, 0.6) is 0 Å². The van der Waals surface area contributed by atoms with Crippen LogP contribution in [0.25, 0.3) is 0 Å². The van der Waals surface area contributed by atoms with Gasteiger partial charge in [-0.25, -0.2) is 0 Å². The van der Waals surface area contributed by atoms with Crippen LogP contribution in [0.1, 0.15) is 117 Å². The van der Waals surface area contributed by atoms with Crippen molar-refractivity contribution in [3.63, 3.8) is 0 Å². The molecule has 0 saturated carbocycles. The van der Waals surface area contributed by atoms with Gasteiger partial charge in [0.1, 0.15) is 0 Å². The second-order valence-electron chi connectivity index (χ2n) is 12.7. The van der Waals surface area contributed by atoms with Crippen LogP contribution in [0, 0.1) is 0 Å². The third-order valence-corrected chi connectivity index (χ3v) is 11.3. The first kappa shape index (κ1) is 43.5. The van der Waals surface area contributed by atoms with Gasteiger partial charge in [-0.15, -0.1) is 0 Å². The van der Waals surface area contributed by atoms with Gasteiger partial charge in [-0.1, -0.05) is 51.4 Å². The number of methoxy groups -OCH3 is 2. The van der Waals surface area contributed by atoms with Gasteiger partial charge < -0.3 is 19.3 Å². The van der Waals surface area contributed by atoms with Crippen molar-refractivity contribution in [3.05, 3.63) is 21.2 Å². The lowest BCUT2D eigenvalue weighted by Crippen LogP contribution is -2.29. The van der Waals surface area contributed by atoms with Crippen molar-refractivity contribution < 1.29 is 38.2 Å². The van der Waals surface area contributed by atoms with Gasteiger partial charge in [0.2, 0.25) is 24.6 Å². The molecule has 0 N–H and O–H groups in total. The van der Waals surface area contributed by atoms with Crippen molar-refractivity contribution in [3.8, 4) is 0 Å². The minimum Gasteiger partial charge on any atom is -0.384 e.